The summed E-state index contributed by atoms with van der Waals surface area (Å²) < 4.78 is 0. The maximum atomic E-state index is 3.46. The van der Waals surface area contributed by atoms with Crippen LogP contribution in [0.3, 0.4) is 0 Å². The van der Waals surface area contributed by atoms with Crippen molar-refractivity contribution in [3.05, 3.63) is 29.8 Å². The molecule has 1 aromatic carbocycles. The van der Waals surface area contributed by atoms with Gasteiger partial charge in [-0.2, -0.15) is 0 Å². The number of likely N-dealkylation sites (N-methyl/N-ethyl adjacent to an activating group) is 1. The average molecular weight is 288 g/mol. The van der Waals surface area contributed by atoms with E-state index < -0.39 is 0 Å². The highest BCUT2D eigenvalue weighted by Crippen LogP contribution is 2.17. The summed E-state index contributed by atoms with van der Waals surface area (Å²) in [6, 6.07) is 9.23. The van der Waals surface area contributed by atoms with E-state index in [0.29, 0.717) is 0 Å². The molecule has 0 spiro atoms. The van der Waals surface area contributed by atoms with Gasteiger partial charge in [0.25, 0.3) is 0 Å². The molecule has 0 saturated carbocycles. The predicted molar refractivity (Wildman–Crippen MR) is 88.9 cm³/mol. The highest BCUT2D eigenvalue weighted by Gasteiger charge is 2.14. The first kappa shape index (κ1) is 14.8. The lowest BCUT2D eigenvalue weighted by Crippen LogP contribution is -2.43. The van der Waals surface area contributed by atoms with Gasteiger partial charge in [-0.15, -0.1) is 0 Å². The maximum Gasteiger partial charge on any atom is 0.0366 e. The van der Waals surface area contributed by atoms with Crippen molar-refractivity contribution in [2.45, 2.75) is 13.0 Å². The second kappa shape index (κ2) is 7.25. The minimum Gasteiger partial charge on any atom is -0.370 e. The van der Waals surface area contributed by atoms with E-state index in [1.54, 1.807) is 0 Å². The van der Waals surface area contributed by atoms with Crippen LogP contribution in [0.25, 0.3) is 0 Å². The van der Waals surface area contributed by atoms with Gasteiger partial charge in [0.2, 0.25) is 0 Å². The lowest BCUT2D eigenvalue weighted by molar-refractivity contribution is 0.148. The number of nitrogens with zero attached hydrogens (tertiary/aromatic N) is 3. The first-order chi connectivity index (χ1) is 10.3. The van der Waals surface area contributed by atoms with Gasteiger partial charge in [-0.25, -0.2) is 0 Å². The number of hydrogen-bond acceptors (Lipinski definition) is 4. The summed E-state index contributed by atoms with van der Waals surface area (Å²) in [5.74, 6) is 0. The van der Waals surface area contributed by atoms with Crippen LogP contribution in [-0.4, -0.2) is 69.2 Å². The van der Waals surface area contributed by atoms with E-state index in [-0.39, 0.29) is 0 Å². The summed E-state index contributed by atoms with van der Waals surface area (Å²) in [4.78, 5) is 7.47. The first-order valence-electron chi connectivity index (χ1n) is 8.27. The van der Waals surface area contributed by atoms with Gasteiger partial charge in [0.1, 0.15) is 0 Å². The van der Waals surface area contributed by atoms with Crippen molar-refractivity contribution < 1.29 is 0 Å². The fourth-order valence-electron chi connectivity index (χ4n) is 3.18. The Morgan fingerprint density at radius 1 is 0.905 bits per heavy atom. The molecule has 3 rings (SSSR count). The average Bonchev–Trinajstić information content (AvgIpc) is 2.80. The summed E-state index contributed by atoms with van der Waals surface area (Å²) in [7, 11) is 2.21. The fourth-order valence-corrected chi connectivity index (χ4v) is 3.18. The Morgan fingerprint density at radius 2 is 1.67 bits per heavy atom. The van der Waals surface area contributed by atoms with Gasteiger partial charge in [-0.05, 0) is 37.7 Å². The minimum absolute atomic E-state index is 1.09. The first-order valence-corrected chi connectivity index (χ1v) is 8.27. The van der Waals surface area contributed by atoms with E-state index >= 15 is 0 Å². The number of benzene rings is 1. The normalized spacial score (nSPS) is 22.2. The molecule has 0 amide bonds. The van der Waals surface area contributed by atoms with Crippen LogP contribution < -0.4 is 10.2 Å². The lowest BCUT2D eigenvalue weighted by atomic mass is 10.1. The summed E-state index contributed by atoms with van der Waals surface area (Å²) in [5.41, 5.74) is 2.82. The van der Waals surface area contributed by atoms with Crippen molar-refractivity contribution in [2.24, 2.45) is 0 Å². The third-order valence-electron chi connectivity index (χ3n) is 4.64. The zero-order valence-corrected chi connectivity index (χ0v) is 13.2. The highest BCUT2D eigenvalue weighted by molar-refractivity contribution is 5.47. The highest BCUT2D eigenvalue weighted by atomic mass is 15.2. The number of piperazine rings is 1. The molecule has 2 aliphatic rings. The molecule has 4 nitrogen and oxygen atoms in total. The van der Waals surface area contributed by atoms with Crippen molar-refractivity contribution in [3.8, 4) is 0 Å². The van der Waals surface area contributed by atoms with Crippen LogP contribution in [0.15, 0.2) is 24.3 Å². The van der Waals surface area contributed by atoms with E-state index in [4.69, 9.17) is 0 Å². The zero-order valence-electron chi connectivity index (χ0n) is 13.2. The summed E-state index contributed by atoms with van der Waals surface area (Å²) in [6.45, 7) is 10.4. The molecule has 0 bridgehead atoms. The Labute approximate surface area is 128 Å². The van der Waals surface area contributed by atoms with E-state index in [1.807, 2.05) is 0 Å². The molecule has 0 radical (unpaired) electrons. The molecular weight excluding hydrogens is 260 g/mol. The summed E-state index contributed by atoms with van der Waals surface area (Å²) in [5, 5.41) is 3.46. The lowest BCUT2D eigenvalue weighted by Gasteiger charge is -2.32. The van der Waals surface area contributed by atoms with Crippen LogP contribution in [0.5, 0.6) is 0 Å². The molecule has 0 aromatic heterocycles. The fraction of sp³-hybridized carbons (Fsp3) is 0.647. The third-order valence-corrected chi connectivity index (χ3v) is 4.64. The van der Waals surface area contributed by atoms with Gasteiger partial charge in [-0.3, -0.25) is 4.90 Å². The van der Waals surface area contributed by atoms with Crippen molar-refractivity contribution in [1.29, 1.82) is 0 Å². The van der Waals surface area contributed by atoms with Crippen LogP contribution >= 0.6 is 0 Å². The molecule has 4 heteroatoms. The Morgan fingerprint density at radius 3 is 2.43 bits per heavy atom. The van der Waals surface area contributed by atoms with E-state index in [0.717, 1.165) is 26.2 Å². The SMILES string of the molecule is CN1CCN(Cc2ccc(N3CCCNCC3)cc2)CC1. The second-order valence-corrected chi connectivity index (χ2v) is 6.34. The molecule has 2 aliphatic heterocycles. The molecule has 2 saturated heterocycles. The molecular formula is C17H28N4. The molecule has 1 N–H and O–H groups in total. The molecule has 116 valence electrons. The second-order valence-electron chi connectivity index (χ2n) is 6.34. The van der Waals surface area contributed by atoms with Gasteiger partial charge < -0.3 is 15.1 Å². The van der Waals surface area contributed by atoms with Crippen LogP contribution in [0.1, 0.15) is 12.0 Å². The topological polar surface area (TPSA) is 21.8 Å². The molecule has 1 aromatic rings. The van der Waals surface area contributed by atoms with Gasteiger partial charge >= 0.3 is 0 Å². The van der Waals surface area contributed by atoms with Gasteiger partial charge in [0, 0.05) is 58.0 Å². The van der Waals surface area contributed by atoms with Crippen molar-refractivity contribution >= 4 is 5.69 Å². The number of hydrogen-bond donors (Lipinski definition) is 1. The number of anilines is 1. The molecule has 2 fully saturated rings. The Balaban J connectivity index is 1.56. The van der Waals surface area contributed by atoms with E-state index in [9.17, 15) is 0 Å². The van der Waals surface area contributed by atoms with Crippen molar-refractivity contribution in [2.75, 3.05) is 64.3 Å². The van der Waals surface area contributed by atoms with Gasteiger partial charge in [0.05, 0.1) is 0 Å². The van der Waals surface area contributed by atoms with Crippen LogP contribution in [0.2, 0.25) is 0 Å². The minimum atomic E-state index is 1.09. The monoisotopic (exact) mass is 288 g/mol. The van der Waals surface area contributed by atoms with E-state index in [1.165, 1.54) is 50.4 Å². The summed E-state index contributed by atoms with van der Waals surface area (Å²) in [6.07, 6.45) is 1.24. The standard InChI is InChI=1S/C17H28N4/c1-19-11-13-20(14-12-19)15-16-3-5-17(6-4-16)21-9-2-7-18-8-10-21/h3-6,18H,2,7-15H2,1H3. The maximum absolute atomic E-state index is 3.46. The molecule has 21 heavy (non-hydrogen) atoms. The van der Waals surface area contributed by atoms with E-state index in [2.05, 4.69) is 51.3 Å². The number of rotatable bonds is 3. The van der Waals surface area contributed by atoms with Crippen LogP contribution in [-0.2, 0) is 6.54 Å². The van der Waals surface area contributed by atoms with Gasteiger partial charge in [0.15, 0.2) is 0 Å². The smallest absolute Gasteiger partial charge is 0.0366 e. The number of nitrogens with one attached hydrogen (secondary N) is 1. The summed E-state index contributed by atoms with van der Waals surface area (Å²) >= 11 is 0. The molecule has 0 atom stereocenters. The zero-order chi connectivity index (χ0) is 14.5. The molecule has 0 aliphatic carbocycles. The van der Waals surface area contributed by atoms with Crippen molar-refractivity contribution in [1.82, 2.24) is 15.1 Å². The van der Waals surface area contributed by atoms with Crippen LogP contribution in [0.4, 0.5) is 5.69 Å². The Hall–Kier alpha value is -1.10. The Kier molecular flexibility index (Phi) is 5.12. The van der Waals surface area contributed by atoms with Crippen LogP contribution in [0, 0.1) is 0 Å². The largest absolute Gasteiger partial charge is 0.370 e. The Bertz CT molecular complexity index is 415. The molecule has 0 unspecified atom stereocenters. The quantitative estimate of drug-likeness (QED) is 0.903. The van der Waals surface area contributed by atoms with Gasteiger partial charge in [-0.1, -0.05) is 12.1 Å². The molecule has 2 heterocycles. The third kappa shape index (κ3) is 4.19. The predicted octanol–water partition coefficient (Wildman–Crippen LogP) is 1.23. The van der Waals surface area contributed by atoms with Crippen molar-refractivity contribution in [3.63, 3.8) is 0 Å².